The van der Waals surface area contributed by atoms with Crippen molar-refractivity contribution in [3.05, 3.63) is 45.6 Å². The Morgan fingerprint density at radius 3 is 2.24 bits per heavy atom. The van der Waals surface area contributed by atoms with Gasteiger partial charge in [-0.3, -0.25) is 0 Å². The summed E-state index contributed by atoms with van der Waals surface area (Å²) in [5, 5.41) is 10.4. The molecule has 2 heterocycles. The zero-order valence-corrected chi connectivity index (χ0v) is 15.2. The molecule has 25 heavy (non-hydrogen) atoms. The molecular formula is C17H15Cl2FN2O3. The second-order valence-electron chi connectivity index (χ2n) is 5.47. The van der Waals surface area contributed by atoms with E-state index in [0.29, 0.717) is 17.2 Å². The molecule has 0 atom stereocenters. The summed E-state index contributed by atoms with van der Waals surface area (Å²) in [6.07, 6.45) is 0. The largest absolute Gasteiger partial charge is 0.497 e. The lowest BCUT2D eigenvalue weighted by Crippen LogP contribution is -2.02. The fourth-order valence-electron chi connectivity index (χ4n) is 2.81. The fourth-order valence-corrected chi connectivity index (χ4v) is 3.30. The van der Waals surface area contributed by atoms with Crippen molar-refractivity contribution in [1.29, 1.82) is 0 Å². The first-order valence-electron chi connectivity index (χ1n) is 7.31. The molecule has 0 aliphatic rings. The van der Waals surface area contributed by atoms with Gasteiger partial charge < -0.3 is 19.1 Å². The first-order chi connectivity index (χ1) is 11.9. The lowest BCUT2D eigenvalue weighted by Gasteiger charge is -2.11. The van der Waals surface area contributed by atoms with Crippen LogP contribution in [-0.2, 0) is 6.54 Å². The number of aromatic nitrogens is 2. The summed E-state index contributed by atoms with van der Waals surface area (Å²) in [5.41, 5.74) is 1.28. The SMILES string of the molecule is COc1cc(Cn2c(C)c3c(F)c(Cl)nc(Cl)c3c2O)cc(OC)c1. The number of halogens is 3. The number of rotatable bonds is 4. The van der Waals surface area contributed by atoms with Crippen LogP contribution in [0.15, 0.2) is 18.2 Å². The summed E-state index contributed by atoms with van der Waals surface area (Å²) < 4.78 is 26.4. The van der Waals surface area contributed by atoms with Gasteiger partial charge in [0.15, 0.2) is 11.0 Å². The van der Waals surface area contributed by atoms with E-state index in [9.17, 15) is 9.50 Å². The van der Waals surface area contributed by atoms with Gasteiger partial charge in [-0.25, -0.2) is 9.37 Å². The van der Waals surface area contributed by atoms with E-state index >= 15 is 0 Å². The molecule has 3 rings (SSSR count). The van der Waals surface area contributed by atoms with Gasteiger partial charge in [0.25, 0.3) is 0 Å². The summed E-state index contributed by atoms with van der Waals surface area (Å²) in [4.78, 5) is 3.72. The molecule has 1 aromatic carbocycles. The molecule has 0 unspecified atom stereocenters. The Bertz CT molecular complexity index is 950. The average Bonchev–Trinajstić information content (AvgIpc) is 2.84. The molecule has 3 aromatic rings. The van der Waals surface area contributed by atoms with E-state index in [1.54, 1.807) is 39.3 Å². The van der Waals surface area contributed by atoms with E-state index in [0.717, 1.165) is 5.56 Å². The molecule has 0 radical (unpaired) electrons. The molecule has 0 spiro atoms. The van der Waals surface area contributed by atoms with Crippen LogP contribution in [0.3, 0.4) is 0 Å². The van der Waals surface area contributed by atoms with Gasteiger partial charge in [-0.15, -0.1) is 0 Å². The number of pyridine rings is 1. The number of nitrogens with zero attached hydrogens (tertiary/aromatic N) is 2. The Hall–Kier alpha value is -2.18. The maximum Gasteiger partial charge on any atom is 0.202 e. The molecule has 132 valence electrons. The van der Waals surface area contributed by atoms with Crippen molar-refractivity contribution >= 4 is 34.0 Å². The summed E-state index contributed by atoms with van der Waals surface area (Å²) in [6, 6.07) is 5.34. The van der Waals surface area contributed by atoms with Crippen LogP contribution in [0.1, 0.15) is 11.3 Å². The number of methoxy groups -OCH3 is 2. The fraction of sp³-hybridized carbons (Fsp3) is 0.235. The van der Waals surface area contributed by atoms with Gasteiger partial charge in [0.05, 0.1) is 26.2 Å². The molecule has 0 saturated heterocycles. The minimum atomic E-state index is -0.712. The predicted octanol–water partition coefficient (Wildman–Crippen LogP) is 4.56. The van der Waals surface area contributed by atoms with Crippen LogP contribution in [0.4, 0.5) is 4.39 Å². The smallest absolute Gasteiger partial charge is 0.202 e. The van der Waals surface area contributed by atoms with Crippen LogP contribution in [-0.4, -0.2) is 28.9 Å². The Kier molecular flexibility index (Phi) is 4.67. The van der Waals surface area contributed by atoms with Crippen molar-refractivity contribution in [1.82, 2.24) is 9.55 Å². The number of benzene rings is 1. The topological polar surface area (TPSA) is 56.5 Å². The minimum absolute atomic E-state index is 0.0519. The Morgan fingerprint density at radius 2 is 1.68 bits per heavy atom. The third kappa shape index (κ3) is 2.96. The van der Waals surface area contributed by atoms with Crippen LogP contribution >= 0.6 is 23.2 Å². The lowest BCUT2D eigenvalue weighted by molar-refractivity contribution is 0.392. The van der Waals surface area contributed by atoms with Crippen molar-refractivity contribution in [3.63, 3.8) is 0 Å². The van der Waals surface area contributed by atoms with Gasteiger partial charge in [-0.05, 0) is 24.6 Å². The second kappa shape index (κ2) is 6.61. The Morgan fingerprint density at radius 1 is 1.08 bits per heavy atom. The zero-order chi connectivity index (χ0) is 18.3. The minimum Gasteiger partial charge on any atom is -0.497 e. The second-order valence-corrected chi connectivity index (χ2v) is 6.19. The summed E-state index contributed by atoms with van der Waals surface area (Å²) in [5.74, 6) is 0.326. The number of aromatic hydroxyl groups is 1. The van der Waals surface area contributed by atoms with E-state index in [1.807, 2.05) is 0 Å². The van der Waals surface area contributed by atoms with E-state index in [4.69, 9.17) is 32.7 Å². The first-order valence-corrected chi connectivity index (χ1v) is 8.07. The van der Waals surface area contributed by atoms with Crippen LogP contribution in [0.5, 0.6) is 17.4 Å². The van der Waals surface area contributed by atoms with E-state index in [-0.39, 0.29) is 33.5 Å². The van der Waals surface area contributed by atoms with Crippen molar-refractivity contribution in [2.45, 2.75) is 13.5 Å². The average molecular weight is 385 g/mol. The van der Waals surface area contributed by atoms with Crippen LogP contribution < -0.4 is 9.47 Å². The normalized spacial score (nSPS) is 11.1. The van der Waals surface area contributed by atoms with Crippen molar-refractivity contribution in [2.75, 3.05) is 14.2 Å². The predicted molar refractivity (Wildman–Crippen MR) is 94.8 cm³/mol. The van der Waals surface area contributed by atoms with Gasteiger partial charge >= 0.3 is 0 Å². The number of hydrogen-bond acceptors (Lipinski definition) is 4. The highest BCUT2D eigenvalue weighted by atomic mass is 35.5. The monoisotopic (exact) mass is 384 g/mol. The number of ether oxygens (including phenoxy) is 2. The molecule has 0 saturated carbocycles. The third-order valence-corrected chi connectivity index (χ3v) is 4.58. The number of hydrogen-bond donors (Lipinski definition) is 1. The van der Waals surface area contributed by atoms with Gasteiger partial charge in [-0.1, -0.05) is 23.2 Å². The van der Waals surface area contributed by atoms with E-state index in [1.165, 1.54) is 4.57 Å². The van der Waals surface area contributed by atoms with Crippen molar-refractivity contribution in [3.8, 4) is 17.4 Å². The molecule has 0 aliphatic heterocycles. The van der Waals surface area contributed by atoms with Gasteiger partial charge in [0.1, 0.15) is 16.7 Å². The Labute approximate surface area is 153 Å². The standard InChI is InChI=1S/C17H15Cl2FN2O3/c1-8-12-13(15(18)21-16(19)14(12)20)17(23)22(8)7-9-4-10(24-2)6-11(5-9)25-3/h4-6,23H,7H2,1-3H3. The first kappa shape index (κ1) is 17.6. The summed E-state index contributed by atoms with van der Waals surface area (Å²) >= 11 is 11.8. The molecule has 0 amide bonds. The maximum absolute atomic E-state index is 14.4. The van der Waals surface area contributed by atoms with Crippen molar-refractivity contribution < 1.29 is 19.0 Å². The summed E-state index contributed by atoms with van der Waals surface area (Å²) in [7, 11) is 3.10. The number of fused-ring (bicyclic) bond motifs is 1. The molecule has 8 heteroatoms. The molecule has 1 N–H and O–H groups in total. The van der Waals surface area contributed by atoms with E-state index in [2.05, 4.69) is 4.98 Å². The van der Waals surface area contributed by atoms with Crippen LogP contribution in [0.2, 0.25) is 10.3 Å². The third-order valence-electron chi connectivity index (χ3n) is 4.05. The van der Waals surface area contributed by atoms with Crippen molar-refractivity contribution in [2.24, 2.45) is 0 Å². The highest BCUT2D eigenvalue weighted by Crippen LogP contribution is 2.39. The maximum atomic E-state index is 14.4. The van der Waals surface area contributed by atoms with Gasteiger partial charge in [0.2, 0.25) is 5.88 Å². The highest BCUT2D eigenvalue weighted by Gasteiger charge is 2.23. The van der Waals surface area contributed by atoms with Crippen LogP contribution in [0, 0.1) is 12.7 Å². The molecular weight excluding hydrogens is 370 g/mol. The molecule has 2 aromatic heterocycles. The molecule has 0 bridgehead atoms. The molecule has 0 fully saturated rings. The highest BCUT2D eigenvalue weighted by molar-refractivity contribution is 6.37. The van der Waals surface area contributed by atoms with Crippen LogP contribution in [0.25, 0.3) is 10.8 Å². The Balaban J connectivity index is 2.18. The molecule has 5 nitrogen and oxygen atoms in total. The lowest BCUT2D eigenvalue weighted by atomic mass is 10.2. The van der Waals surface area contributed by atoms with Gasteiger partial charge in [0, 0.05) is 17.1 Å². The number of aryl methyl sites for hydroxylation is 1. The summed E-state index contributed by atoms with van der Waals surface area (Å²) in [6.45, 7) is 1.93. The van der Waals surface area contributed by atoms with E-state index < -0.39 is 5.82 Å². The quantitative estimate of drug-likeness (QED) is 0.669. The zero-order valence-electron chi connectivity index (χ0n) is 13.7. The molecule has 0 aliphatic carbocycles. The van der Waals surface area contributed by atoms with Gasteiger partial charge in [-0.2, -0.15) is 0 Å².